The smallest absolute Gasteiger partial charge is 0.245 e. The van der Waals surface area contributed by atoms with Crippen molar-refractivity contribution in [3.8, 4) is 0 Å². The molecule has 0 aromatic heterocycles. The molecule has 0 radical (unpaired) electrons. The Morgan fingerprint density at radius 2 is 1.34 bits per heavy atom. The third-order valence-electron chi connectivity index (χ3n) is 9.99. The number of hydrogen-bond donors (Lipinski definition) is 3. The monoisotopic (exact) mass is 730 g/mol. The Morgan fingerprint density at radius 1 is 0.717 bits per heavy atom. The van der Waals surface area contributed by atoms with Gasteiger partial charge in [0, 0.05) is 38.5 Å². The van der Waals surface area contributed by atoms with E-state index in [4.69, 9.17) is 0 Å². The molecule has 1 fully saturated rings. The number of amides is 2. The van der Waals surface area contributed by atoms with E-state index in [0.717, 1.165) is 60.5 Å². The number of rotatable bonds is 17. The summed E-state index contributed by atoms with van der Waals surface area (Å²) in [7, 11) is -4.00. The molecule has 2 amide bonds. The maximum atomic E-state index is 13.8. The fourth-order valence-electron chi connectivity index (χ4n) is 7.11. The number of benzene rings is 5. The molecule has 53 heavy (non-hydrogen) atoms. The summed E-state index contributed by atoms with van der Waals surface area (Å²) in [5.41, 5.74) is 4.07. The second-order valence-corrected chi connectivity index (χ2v) is 15.7. The van der Waals surface area contributed by atoms with Crippen LogP contribution in [0.5, 0.6) is 0 Å². The van der Waals surface area contributed by atoms with Gasteiger partial charge in [0.1, 0.15) is 6.04 Å². The average molecular weight is 731 g/mol. The summed E-state index contributed by atoms with van der Waals surface area (Å²) in [5, 5.41) is 8.47. The topological polar surface area (TPSA) is 108 Å². The van der Waals surface area contributed by atoms with Gasteiger partial charge < -0.3 is 15.5 Å². The van der Waals surface area contributed by atoms with Crippen molar-refractivity contribution in [1.29, 1.82) is 0 Å². The first kappa shape index (κ1) is 37.9. The molecule has 1 saturated heterocycles. The van der Waals surface area contributed by atoms with Gasteiger partial charge in [-0.15, -0.1) is 0 Å². The van der Waals surface area contributed by atoms with Crippen LogP contribution in [0.1, 0.15) is 67.3 Å². The highest BCUT2D eigenvalue weighted by atomic mass is 32.2. The van der Waals surface area contributed by atoms with Gasteiger partial charge in [-0.1, -0.05) is 129 Å². The molecule has 1 aliphatic rings. The number of hydrogen-bond acceptors (Lipinski definition) is 5. The average Bonchev–Trinajstić information content (AvgIpc) is 3.73. The van der Waals surface area contributed by atoms with Crippen LogP contribution in [0, 0.1) is 0 Å². The first-order valence-corrected chi connectivity index (χ1v) is 20.2. The maximum Gasteiger partial charge on any atom is 0.245 e. The molecule has 1 heterocycles. The van der Waals surface area contributed by atoms with Gasteiger partial charge in [-0.2, -0.15) is 0 Å². The fraction of sp³-hybridized carbons (Fsp3) is 0.318. The van der Waals surface area contributed by atoms with Crippen molar-refractivity contribution in [3.63, 3.8) is 0 Å². The zero-order chi connectivity index (χ0) is 37.0. The molecule has 0 bridgehead atoms. The molecule has 8 nitrogen and oxygen atoms in total. The molecule has 0 saturated carbocycles. The lowest BCUT2D eigenvalue weighted by Crippen LogP contribution is -2.49. The van der Waals surface area contributed by atoms with Crippen LogP contribution in [0.4, 0.5) is 0 Å². The fourth-order valence-corrected chi connectivity index (χ4v) is 8.37. The predicted molar refractivity (Wildman–Crippen MR) is 212 cm³/mol. The van der Waals surface area contributed by atoms with Crippen molar-refractivity contribution in [2.75, 3.05) is 13.1 Å². The van der Waals surface area contributed by atoms with E-state index in [1.165, 1.54) is 5.56 Å². The molecule has 1 aliphatic heterocycles. The number of sulfonamides is 1. The van der Waals surface area contributed by atoms with E-state index < -0.39 is 28.0 Å². The predicted octanol–water partition coefficient (Wildman–Crippen LogP) is 7.10. The summed E-state index contributed by atoms with van der Waals surface area (Å²) in [5.74, 6) is -0.517. The number of fused-ring (bicyclic) bond motifs is 1. The Bertz CT molecular complexity index is 2050. The van der Waals surface area contributed by atoms with Crippen molar-refractivity contribution in [1.82, 2.24) is 20.3 Å². The van der Waals surface area contributed by atoms with E-state index in [1.807, 2.05) is 65.6 Å². The van der Waals surface area contributed by atoms with E-state index in [9.17, 15) is 18.0 Å². The van der Waals surface area contributed by atoms with E-state index in [0.29, 0.717) is 31.1 Å². The minimum absolute atomic E-state index is 0.113. The summed E-state index contributed by atoms with van der Waals surface area (Å²) < 4.78 is 30.2. The summed E-state index contributed by atoms with van der Waals surface area (Å²) in [6, 6.07) is 39.2. The Balaban J connectivity index is 1.14. The molecule has 3 N–H and O–H groups in total. The highest BCUT2D eigenvalue weighted by Gasteiger charge is 2.30. The third kappa shape index (κ3) is 10.6. The van der Waals surface area contributed by atoms with Crippen molar-refractivity contribution < 1.29 is 18.0 Å². The van der Waals surface area contributed by atoms with Gasteiger partial charge in [-0.25, -0.2) is 13.1 Å². The second-order valence-electron chi connectivity index (χ2n) is 14.0. The molecular weight excluding hydrogens is 681 g/mol. The second kappa shape index (κ2) is 18.3. The standard InChI is InChI=1S/C44H50N4O4S/c1-2-13-39(28-33-14-5-3-6-15-33)45-32-35-22-20-34(21-23-35)29-42(44(50)48-26-11-12-27-48)46-43(49)31-41(37-17-7-4-8-18-37)47-53(51,52)40-25-24-36-16-9-10-19-38(36)30-40/h3-10,14-25,30,39,41-42,45,47H,2,11-13,26-29,31-32H2,1H3,(H,46,49). The molecule has 5 aromatic rings. The minimum atomic E-state index is -4.00. The highest BCUT2D eigenvalue weighted by molar-refractivity contribution is 7.89. The molecule has 5 aromatic carbocycles. The van der Waals surface area contributed by atoms with Crippen LogP contribution in [-0.4, -0.2) is 50.3 Å². The highest BCUT2D eigenvalue weighted by Crippen LogP contribution is 2.24. The molecule has 9 heteroatoms. The van der Waals surface area contributed by atoms with Crippen molar-refractivity contribution >= 4 is 32.6 Å². The minimum Gasteiger partial charge on any atom is -0.344 e. The zero-order valence-corrected chi connectivity index (χ0v) is 31.2. The summed E-state index contributed by atoms with van der Waals surface area (Å²) >= 11 is 0. The Hall–Kier alpha value is -4.83. The summed E-state index contributed by atoms with van der Waals surface area (Å²) in [6.07, 6.45) is 5.19. The lowest BCUT2D eigenvalue weighted by molar-refractivity contribution is -0.135. The number of carbonyl (C=O) groups is 2. The maximum absolute atomic E-state index is 13.8. The van der Waals surface area contributed by atoms with Crippen molar-refractivity contribution in [2.45, 2.75) is 81.4 Å². The molecule has 0 aliphatic carbocycles. The van der Waals surface area contributed by atoms with Crippen LogP contribution in [0.15, 0.2) is 132 Å². The summed E-state index contributed by atoms with van der Waals surface area (Å²) in [4.78, 5) is 29.6. The largest absolute Gasteiger partial charge is 0.344 e. The van der Waals surface area contributed by atoms with Crippen LogP contribution >= 0.6 is 0 Å². The van der Waals surface area contributed by atoms with Gasteiger partial charge in [-0.05, 0) is 70.8 Å². The Morgan fingerprint density at radius 3 is 2.04 bits per heavy atom. The molecule has 3 unspecified atom stereocenters. The third-order valence-corrected chi connectivity index (χ3v) is 11.5. The van der Waals surface area contributed by atoms with Gasteiger partial charge in [0.15, 0.2) is 0 Å². The van der Waals surface area contributed by atoms with E-state index in [-0.39, 0.29) is 17.2 Å². The van der Waals surface area contributed by atoms with Crippen molar-refractivity contribution in [3.05, 3.63) is 150 Å². The number of nitrogens with zero attached hydrogens (tertiary/aromatic N) is 1. The lowest BCUT2D eigenvalue weighted by Gasteiger charge is -2.26. The zero-order valence-electron chi connectivity index (χ0n) is 30.4. The quantitative estimate of drug-likeness (QED) is 0.0947. The van der Waals surface area contributed by atoms with Crippen LogP contribution in [0.25, 0.3) is 10.8 Å². The van der Waals surface area contributed by atoms with E-state index in [2.05, 4.69) is 58.7 Å². The number of carbonyl (C=O) groups excluding carboxylic acids is 2. The first-order chi connectivity index (χ1) is 25.8. The summed E-state index contributed by atoms with van der Waals surface area (Å²) in [6.45, 7) is 4.27. The van der Waals surface area contributed by atoms with Gasteiger partial charge >= 0.3 is 0 Å². The van der Waals surface area contributed by atoms with Crippen LogP contribution in [-0.2, 0) is 39.0 Å². The number of nitrogens with one attached hydrogen (secondary N) is 3. The van der Waals surface area contributed by atoms with Crippen LogP contribution < -0.4 is 15.4 Å². The van der Waals surface area contributed by atoms with E-state index >= 15 is 0 Å². The normalized spacial score (nSPS) is 14.8. The van der Waals surface area contributed by atoms with E-state index in [1.54, 1.807) is 30.3 Å². The Labute approximate surface area is 314 Å². The van der Waals surface area contributed by atoms with Crippen molar-refractivity contribution in [2.24, 2.45) is 0 Å². The molecule has 6 rings (SSSR count). The number of likely N-dealkylation sites (tertiary alicyclic amines) is 1. The Kier molecular flexibility index (Phi) is 13.1. The molecular formula is C44H50N4O4S. The van der Waals surface area contributed by atoms with Crippen LogP contribution in [0.2, 0.25) is 0 Å². The van der Waals surface area contributed by atoms with Crippen LogP contribution in [0.3, 0.4) is 0 Å². The molecule has 3 atom stereocenters. The lowest BCUT2D eigenvalue weighted by atomic mass is 10.0. The van der Waals surface area contributed by atoms with Gasteiger partial charge in [-0.3, -0.25) is 9.59 Å². The van der Waals surface area contributed by atoms with Gasteiger partial charge in [0.25, 0.3) is 0 Å². The molecule has 276 valence electrons. The van der Waals surface area contributed by atoms with Gasteiger partial charge in [0.2, 0.25) is 21.8 Å². The SMILES string of the molecule is CCCC(Cc1ccccc1)NCc1ccc(CC(NC(=O)CC(NS(=O)(=O)c2ccc3ccccc3c2)c2ccccc2)C(=O)N2CCCC2)cc1. The van der Waals surface area contributed by atoms with Gasteiger partial charge in [0.05, 0.1) is 10.9 Å². The first-order valence-electron chi connectivity index (χ1n) is 18.8. The molecule has 0 spiro atoms.